The van der Waals surface area contributed by atoms with Gasteiger partial charge in [-0.3, -0.25) is 0 Å². The minimum absolute atomic E-state index is 0.354. The smallest absolute Gasteiger partial charge is 0.225 e. The molecule has 0 atom stereocenters. The number of fused-ring (bicyclic) bond motifs is 1. The molecule has 1 heterocycles. The van der Waals surface area contributed by atoms with E-state index in [9.17, 15) is 8.42 Å². The van der Waals surface area contributed by atoms with Crippen LogP contribution in [0.2, 0.25) is 0 Å². The summed E-state index contributed by atoms with van der Waals surface area (Å²) in [6.07, 6.45) is 4.12. The van der Waals surface area contributed by atoms with Crippen molar-refractivity contribution in [3.8, 4) is 0 Å². The van der Waals surface area contributed by atoms with Gasteiger partial charge in [-0.2, -0.15) is 0 Å². The highest BCUT2D eigenvalue weighted by Crippen LogP contribution is 2.31. The van der Waals surface area contributed by atoms with E-state index in [0.717, 1.165) is 31.2 Å². The number of sulfonamides is 1. The molecule has 3 nitrogen and oxygen atoms in total. The third kappa shape index (κ3) is 1.63. The van der Waals surface area contributed by atoms with Gasteiger partial charge in [0.1, 0.15) is 0 Å². The average Bonchev–Trinajstić information content (AvgIpc) is 2.45. The molecule has 1 aromatic rings. The zero-order valence-corrected chi connectivity index (χ0v) is 8.75. The molecule has 0 saturated heterocycles. The molecule has 1 aliphatic rings. The molecule has 0 bridgehead atoms. The summed E-state index contributed by atoms with van der Waals surface area (Å²) in [5.74, 6) is 0. The number of rotatable bonds is 1. The van der Waals surface area contributed by atoms with Crippen molar-refractivity contribution in [3.63, 3.8) is 0 Å². The van der Waals surface area contributed by atoms with Crippen LogP contribution in [0.25, 0.3) is 0 Å². The first-order chi connectivity index (χ1) is 6.09. The van der Waals surface area contributed by atoms with Gasteiger partial charge in [0.15, 0.2) is 0 Å². The molecule has 72 valence electrons. The maximum Gasteiger partial charge on any atom is 0.239 e. The number of thiophene rings is 1. The SMILES string of the molecule is NS(=O)(=O)c1csc2c1CCCC2. The second kappa shape index (κ2) is 3.08. The fourth-order valence-corrected chi connectivity index (χ4v) is 4.03. The molecule has 0 amide bonds. The van der Waals surface area contributed by atoms with Gasteiger partial charge >= 0.3 is 0 Å². The van der Waals surface area contributed by atoms with Crippen LogP contribution in [0.1, 0.15) is 23.3 Å². The Hall–Kier alpha value is -0.390. The van der Waals surface area contributed by atoms with E-state index in [0.29, 0.717) is 4.90 Å². The van der Waals surface area contributed by atoms with Gasteiger partial charge in [0.2, 0.25) is 10.0 Å². The Morgan fingerprint density at radius 3 is 2.69 bits per heavy atom. The van der Waals surface area contributed by atoms with E-state index in [4.69, 9.17) is 5.14 Å². The van der Waals surface area contributed by atoms with Crippen molar-refractivity contribution in [1.82, 2.24) is 0 Å². The molecule has 0 fully saturated rings. The summed E-state index contributed by atoms with van der Waals surface area (Å²) in [5.41, 5.74) is 0.971. The van der Waals surface area contributed by atoms with Crippen LogP contribution in [-0.2, 0) is 22.9 Å². The molecule has 0 saturated carbocycles. The molecule has 5 heteroatoms. The van der Waals surface area contributed by atoms with Gasteiger partial charge in [0.25, 0.3) is 0 Å². The van der Waals surface area contributed by atoms with E-state index in [1.807, 2.05) is 0 Å². The summed E-state index contributed by atoms with van der Waals surface area (Å²) in [6, 6.07) is 0. The van der Waals surface area contributed by atoms with E-state index in [2.05, 4.69) is 0 Å². The zero-order chi connectivity index (χ0) is 9.47. The molecule has 2 rings (SSSR count). The minimum atomic E-state index is -3.49. The summed E-state index contributed by atoms with van der Waals surface area (Å²) in [7, 11) is -3.49. The molecule has 0 radical (unpaired) electrons. The van der Waals surface area contributed by atoms with Crippen LogP contribution < -0.4 is 5.14 Å². The molecule has 0 spiro atoms. The Morgan fingerprint density at radius 2 is 2.00 bits per heavy atom. The first kappa shape index (κ1) is 9.18. The molecule has 1 aliphatic carbocycles. The highest BCUT2D eigenvalue weighted by atomic mass is 32.2. The Bertz CT molecular complexity index is 419. The maximum atomic E-state index is 11.2. The summed E-state index contributed by atoms with van der Waals surface area (Å²) in [5, 5.41) is 6.78. The summed E-state index contributed by atoms with van der Waals surface area (Å²) in [4.78, 5) is 1.56. The van der Waals surface area contributed by atoms with Gasteiger partial charge in [-0.1, -0.05) is 0 Å². The Labute approximate surface area is 81.6 Å². The first-order valence-corrected chi connectivity index (χ1v) is 6.63. The van der Waals surface area contributed by atoms with E-state index in [1.54, 1.807) is 5.38 Å². The zero-order valence-electron chi connectivity index (χ0n) is 7.12. The first-order valence-electron chi connectivity index (χ1n) is 4.21. The summed E-state index contributed by atoms with van der Waals surface area (Å²) < 4.78 is 22.3. The standard InChI is InChI=1S/C8H11NO2S2/c9-13(10,11)8-5-12-7-4-2-1-3-6(7)8/h5H,1-4H2,(H2,9,10,11). The van der Waals surface area contributed by atoms with E-state index in [1.165, 1.54) is 16.2 Å². The Morgan fingerprint density at radius 1 is 1.31 bits per heavy atom. The third-order valence-electron chi connectivity index (χ3n) is 2.33. The highest BCUT2D eigenvalue weighted by molar-refractivity contribution is 7.89. The summed E-state index contributed by atoms with van der Waals surface area (Å²) in [6.45, 7) is 0. The number of primary sulfonamides is 1. The third-order valence-corrected chi connectivity index (χ3v) is 4.54. The number of hydrogen-bond acceptors (Lipinski definition) is 3. The predicted octanol–water partition coefficient (Wildman–Crippen LogP) is 1.27. The predicted molar refractivity (Wildman–Crippen MR) is 52.3 cm³/mol. The van der Waals surface area contributed by atoms with Crippen molar-refractivity contribution in [2.24, 2.45) is 5.14 Å². The summed E-state index contributed by atoms with van der Waals surface area (Å²) >= 11 is 1.52. The lowest BCUT2D eigenvalue weighted by Gasteiger charge is -2.11. The molecule has 0 aliphatic heterocycles. The van der Waals surface area contributed by atoms with Crippen molar-refractivity contribution in [2.75, 3.05) is 0 Å². The lowest BCUT2D eigenvalue weighted by atomic mass is 10.00. The van der Waals surface area contributed by atoms with Crippen molar-refractivity contribution in [3.05, 3.63) is 15.8 Å². The Kier molecular flexibility index (Phi) is 2.17. The topological polar surface area (TPSA) is 60.2 Å². The van der Waals surface area contributed by atoms with E-state index >= 15 is 0 Å². The average molecular weight is 217 g/mol. The molecule has 1 aromatic heterocycles. The quantitative estimate of drug-likeness (QED) is 0.770. The van der Waals surface area contributed by atoms with Crippen LogP contribution in [0.15, 0.2) is 10.3 Å². The number of aryl methyl sites for hydroxylation is 1. The van der Waals surface area contributed by atoms with Gasteiger partial charge in [0.05, 0.1) is 4.90 Å². The number of nitrogens with two attached hydrogens (primary N) is 1. The van der Waals surface area contributed by atoms with Gasteiger partial charge in [-0.25, -0.2) is 13.6 Å². The fourth-order valence-electron chi connectivity index (χ4n) is 1.70. The van der Waals surface area contributed by atoms with Crippen LogP contribution >= 0.6 is 11.3 Å². The molecule has 0 unspecified atom stereocenters. The lowest BCUT2D eigenvalue weighted by Crippen LogP contribution is -2.14. The van der Waals surface area contributed by atoms with Crippen LogP contribution in [0.5, 0.6) is 0 Å². The van der Waals surface area contributed by atoms with Crippen molar-refractivity contribution in [1.29, 1.82) is 0 Å². The van der Waals surface area contributed by atoms with Gasteiger partial charge < -0.3 is 0 Å². The fraction of sp³-hybridized carbons (Fsp3) is 0.500. The Balaban J connectivity index is 2.55. The van der Waals surface area contributed by atoms with E-state index < -0.39 is 10.0 Å². The molecular weight excluding hydrogens is 206 g/mol. The van der Waals surface area contributed by atoms with Crippen LogP contribution in [0.4, 0.5) is 0 Å². The van der Waals surface area contributed by atoms with Crippen molar-refractivity contribution >= 4 is 21.4 Å². The second-order valence-corrected chi connectivity index (χ2v) is 5.75. The normalized spacial score (nSPS) is 17.0. The van der Waals surface area contributed by atoms with Crippen molar-refractivity contribution < 1.29 is 8.42 Å². The number of hydrogen-bond donors (Lipinski definition) is 1. The second-order valence-electron chi connectivity index (χ2n) is 3.25. The van der Waals surface area contributed by atoms with Gasteiger partial charge in [0, 0.05) is 10.3 Å². The maximum absolute atomic E-state index is 11.2. The minimum Gasteiger partial charge on any atom is -0.225 e. The largest absolute Gasteiger partial charge is 0.239 e. The molecule has 0 aromatic carbocycles. The van der Waals surface area contributed by atoms with Crippen LogP contribution in [0.3, 0.4) is 0 Å². The van der Waals surface area contributed by atoms with Gasteiger partial charge in [-0.05, 0) is 31.2 Å². The monoisotopic (exact) mass is 217 g/mol. The highest BCUT2D eigenvalue weighted by Gasteiger charge is 2.21. The van der Waals surface area contributed by atoms with Crippen LogP contribution in [-0.4, -0.2) is 8.42 Å². The molecule has 2 N–H and O–H groups in total. The van der Waals surface area contributed by atoms with Crippen molar-refractivity contribution in [2.45, 2.75) is 30.6 Å². The van der Waals surface area contributed by atoms with E-state index in [-0.39, 0.29) is 0 Å². The van der Waals surface area contributed by atoms with Gasteiger partial charge in [-0.15, -0.1) is 11.3 Å². The molecule has 13 heavy (non-hydrogen) atoms. The lowest BCUT2D eigenvalue weighted by molar-refractivity contribution is 0.594. The van der Waals surface area contributed by atoms with Crippen LogP contribution in [0, 0.1) is 0 Å². The molecular formula is C8H11NO2S2.